The van der Waals surface area contributed by atoms with E-state index in [1.807, 2.05) is 11.4 Å². The van der Waals surface area contributed by atoms with Crippen molar-refractivity contribution in [2.24, 2.45) is 5.92 Å². The van der Waals surface area contributed by atoms with Crippen molar-refractivity contribution in [3.05, 3.63) is 47.0 Å². The molecule has 0 aliphatic heterocycles. The highest BCUT2D eigenvalue weighted by atomic mass is 32.1. The Morgan fingerprint density at radius 2 is 2.00 bits per heavy atom. The summed E-state index contributed by atoms with van der Waals surface area (Å²) in [7, 11) is 0. The molecule has 0 aliphatic carbocycles. The molecule has 4 nitrogen and oxygen atoms in total. The van der Waals surface area contributed by atoms with Gasteiger partial charge in [0.1, 0.15) is 0 Å². The fourth-order valence-electron chi connectivity index (χ4n) is 2.21. The molecule has 1 heterocycles. The summed E-state index contributed by atoms with van der Waals surface area (Å²) in [6, 6.07) is 10.7. The molecule has 1 aromatic carbocycles. The molecule has 0 saturated heterocycles. The first-order chi connectivity index (χ1) is 10.1. The Morgan fingerprint density at radius 1 is 1.29 bits per heavy atom. The smallest absolute Gasteiger partial charge is 0.223 e. The van der Waals surface area contributed by atoms with Crippen LogP contribution in [0.5, 0.6) is 0 Å². The van der Waals surface area contributed by atoms with Crippen LogP contribution in [0.15, 0.2) is 35.7 Å². The first-order valence-electron chi connectivity index (χ1n) is 7.06. The van der Waals surface area contributed by atoms with Crippen molar-refractivity contribution in [1.29, 1.82) is 0 Å². The highest BCUT2D eigenvalue weighted by molar-refractivity contribution is 7.13. The number of amides is 1. The van der Waals surface area contributed by atoms with E-state index in [0.717, 1.165) is 5.69 Å². The molecule has 0 saturated carbocycles. The van der Waals surface area contributed by atoms with Gasteiger partial charge >= 0.3 is 0 Å². The molecule has 0 bridgehead atoms. The topological polar surface area (TPSA) is 54.0 Å². The van der Waals surface area contributed by atoms with Gasteiger partial charge < -0.3 is 10.6 Å². The molecule has 1 aromatic heterocycles. The van der Waals surface area contributed by atoms with Crippen molar-refractivity contribution in [2.45, 2.75) is 33.4 Å². The number of thiazole rings is 1. The Kier molecular flexibility index (Phi) is 5.47. The molecule has 2 N–H and O–H groups in total. The maximum atomic E-state index is 11.0. The van der Waals surface area contributed by atoms with E-state index in [1.165, 1.54) is 23.8 Å². The zero-order chi connectivity index (χ0) is 15.2. The highest BCUT2D eigenvalue weighted by Crippen LogP contribution is 2.22. The Hall–Kier alpha value is -1.72. The van der Waals surface area contributed by atoms with Crippen LogP contribution >= 0.6 is 11.3 Å². The van der Waals surface area contributed by atoms with Gasteiger partial charge in [0.2, 0.25) is 5.91 Å². The molecule has 2 aromatic rings. The summed E-state index contributed by atoms with van der Waals surface area (Å²) in [6.07, 6.45) is 0. The number of carbonyl (C=O) groups is 1. The van der Waals surface area contributed by atoms with Gasteiger partial charge in [-0.3, -0.25) is 4.79 Å². The van der Waals surface area contributed by atoms with Crippen LogP contribution in [0.1, 0.15) is 38.1 Å². The van der Waals surface area contributed by atoms with Crippen LogP contribution in [0.25, 0.3) is 0 Å². The maximum Gasteiger partial charge on any atom is 0.223 e. The fraction of sp³-hybridized carbons (Fsp3) is 0.375. The SMILES string of the molecule is CC(=O)Nc1nc(CN[C@@H](c2ccccc2)C(C)C)cs1. The molecule has 112 valence electrons. The second kappa shape index (κ2) is 7.33. The second-order valence-corrected chi connectivity index (χ2v) is 6.20. The van der Waals surface area contributed by atoms with Crippen molar-refractivity contribution in [1.82, 2.24) is 10.3 Å². The minimum atomic E-state index is -0.0896. The van der Waals surface area contributed by atoms with E-state index in [9.17, 15) is 4.79 Å². The number of benzene rings is 1. The quantitative estimate of drug-likeness (QED) is 0.857. The largest absolute Gasteiger partial charge is 0.304 e. The van der Waals surface area contributed by atoms with Crippen molar-refractivity contribution < 1.29 is 4.79 Å². The summed E-state index contributed by atoms with van der Waals surface area (Å²) in [6.45, 7) is 6.58. The first-order valence-corrected chi connectivity index (χ1v) is 7.94. The van der Waals surface area contributed by atoms with Crippen LogP contribution in [0.4, 0.5) is 5.13 Å². The van der Waals surface area contributed by atoms with Crippen LogP contribution in [-0.4, -0.2) is 10.9 Å². The number of nitrogens with zero attached hydrogens (tertiary/aromatic N) is 1. The van der Waals surface area contributed by atoms with Gasteiger partial charge in [-0.25, -0.2) is 4.98 Å². The summed E-state index contributed by atoms with van der Waals surface area (Å²) in [4.78, 5) is 15.4. The van der Waals surface area contributed by atoms with E-state index in [1.54, 1.807) is 0 Å². The number of carbonyl (C=O) groups excluding carboxylic acids is 1. The summed E-state index contributed by atoms with van der Waals surface area (Å²) >= 11 is 1.45. The van der Waals surface area contributed by atoms with Gasteiger partial charge in [-0.05, 0) is 11.5 Å². The highest BCUT2D eigenvalue weighted by Gasteiger charge is 2.15. The van der Waals surface area contributed by atoms with Gasteiger partial charge in [-0.1, -0.05) is 44.2 Å². The third kappa shape index (κ3) is 4.65. The zero-order valence-electron chi connectivity index (χ0n) is 12.6. The molecule has 0 fully saturated rings. The van der Waals surface area contributed by atoms with E-state index in [-0.39, 0.29) is 11.9 Å². The summed E-state index contributed by atoms with van der Waals surface area (Å²) < 4.78 is 0. The number of nitrogens with one attached hydrogen (secondary N) is 2. The number of rotatable bonds is 6. The summed E-state index contributed by atoms with van der Waals surface area (Å²) in [5, 5.41) is 8.88. The zero-order valence-corrected chi connectivity index (χ0v) is 13.4. The van der Waals surface area contributed by atoms with Crippen molar-refractivity contribution >= 4 is 22.4 Å². The minimum Gasteiger partial charge on any atom is -0.304 e. The van der Waals surface area contributed by atoms with Crippen LogP contribution < -0.4 is 10.6 Å². The van der Waals surface area contributed by atoms with Crippen molar-refractivity contribution in [3.63, 3.8) is 0 Å². The number of hydrogen-bond donors (Lipinski definition) is 2. The number of aromatic nitrogens is 1. The van der Waals surface area contributed by atoms with E-state index < -0.39 is 0 Å². The molecular weight excluding hydrogens is 282 g/mol. The molecule has 0 spiro atoms. The van der Waals surface area contributed by atoms with E-state index in [4.69, 9.17) is 0 Å². The van der Waals surface area contributed by atoms with Crippen molar-refractivity contribution in [3.8, 4) is 0 Å². The number of hydrogen-bond acceptors (Lipinski definition) is 4. The molecule has 2 rings (SSSR count). The van der Waals surface area contributed by atoms with Crippen LogP contribution in [0.2, 0.25) is 0 Å². The maximum absolute atomic E-state index is 11.0. The molecule has 21 heavy (non-hydrogen) atoms. The lowest BCUT2D eigenvalue weighted by atomic mass is 9.96. The summed E-state index contributed by atoms with van der Waals surface area (Å²) in [5.74, 6) is 0.397. The Bertz CT molecular complexity index is 580. The van der Waals surface area contributed by atoms with Crippen LogP contribution in [-0.2, 0) is 11.3 Å². The van der Waals surface area contributed by atoms with Gasteiger partial charge in [-0.15, -0.1) is 11.3 Å². The third-order valence-corrected chi connectivity index (χ3v) is 3.97. The minimum absolute atomic E-state index is 0.0896. The standard InChI is InChI=1S/C16H21N3OS/c1-11(2)15(13-7-5-4-6-8-13)17-9-14-10-21-16(19-14)18-12(3)20/h4-8,10-11,15,17H,9H2,1-3H3,(H,18,19,20)/t15-/m1/s1. The van der Waals surface area contributed by atoms with Gasteiger partial charge in [0.25, 0.3) is 0 Å². The Morgan fingerprint density at radius 3 is 2.62 bits per heavy atom. The lowest BCUT2D eigenvalue weighted by Gasteiger charge is -2.22. The van der Waals surface area contributed by atoms with Crippen LogP contribution in [0.3, 0.4) is 0 Å². The third-order valence-electron chi connectivity index (χ3n) is 3.16. The monoisotopic (exact) mass is 303 g/mol. The molecule has 1 atom stereocenters. The number of anilines is 1. The normalized spacial score (nSPS) is 12.4. The van der Waals surface area contributed by atoms with Gasteiger partial charge in [0, 0.05) is 24.9 Å². The predicted molar refractivity (Wildman–Crippen MR) is 87.3 cm³/mol. The lowest BCUT2D eigenvalue weighted by molar-refractivity contribution is -0.114. The van der Waals surface area contributed by atoms with E-state index in [0.29, 0.717) is 17.6 Å². The molecule has 0 aliphatic rings. The first kappa shape index (κ1) is 15.7. The summed E-state index contributed by atoms with van der Waals surface area (Å²) in [5.41, 5.74) is 2.23. The Labute approximate surface area is 129 Å². The van der Waals surface area contributed by atoms with E-state index >= 15 is 0 Å². The molecular formula is C16H21N3OS. The van der Waals surface area contributed by atoms with Gasteiger partial charge in [-0.2, -0.15) is 0 Å². The Balaban J connectivity index is 1.99. The average molecular weight is 303 g/mol. The average Bonchev–Trinajstić information content (AvgIpc) is 2.86. The van der Waals surface area contributed by atoms with Crippen molar-refractivity contribution in [2.75, 3.05) is 5.32 Å². The fourth-order valence-corrected chi connectivity index (χ4v) is 2.97. The molecule has 1 amide bonds. The van der Waals surface area contributed by atoms with Gasteiger partial charge in [0.15, 0.2) is 5.13 Å². The molecule has 0 unspecified atom stereocenters. The van der Waals surface area contributed by atoms with Gasteiger partial charge in [0.05, 0.1) is 5.69 Å². The molecule has 0 radical (unpaired) electrons. The van der Waals surface area contributed by atoms with E-state index in [2.05, 4.69) is 53.7 Å². The second-order valence-electron chi connectivity index (χ2n) is 5.34. The molecule has 5 heteroatoms. The lowest BCUT2D eigenvalue weighted by Crippen LogP contribution is -2.25. The predicted octanol–water partition coefficient (Wildman–Crippen LogP) is 3.59. The van der Waals surface area contributed by atoms with Crippen LogP contribution in [0, 0.1) is 5.92 Å².